The molecule has 0 aromatic heterocycles. The summed E-state index contributed by atoms with van der Waals surface area (Å²) in [5, 5.41) is 0. The molecule has 0 radical (unpaired) electrons. The molecule has 0 amide bonds. The third kappa shape index (κ3) is 6.74. The Kier molecular flexibility index (Phi) is 8.63. The van der Waals surface area contributed by atoms with Crippen LogP contribution < -0.4 is 0 Å². The Bertz CT molecular complexity index is 726. The molecule has 2 nitrogen and oxygen atoms in total. The highest BCUT2D eigenvalue weighted by Crippen LogP contribution is 2.15. The zero-order valence-electron chi connectivity index (χ0n) is 18.6. The van der Waals surface area contributed by atoms with E-state index < -0.39 is 0 Å². The van der Waals surface area contributed by atoms with Crippen LogP contribution in [0.2, 0.25) is 0 Å². The largest absolute Gasteiger partial charge is 0.293 e. The van der Waals surface area contributed by atoms with Crippen molar-refractivity contribution in [1.29, 1.82) is 0 Å². The molecule has 2 heteroatoms. The van der Waals surface area contributed by atoms with Crippen LogP contribution in [0.3, 0.4) is 0 Å². The fourth-order valence-corrected chi connectivity index (χ4v) is 3.86. The Hall–Kier alpha value is -2.22. The van der Waals surface area contributed by atoms with Crippen molar-refractivity contribution in [3.8, 4) is 0 Å². The predicted octanol–water partition coefficient (Wildman–Crippen LogP) is 6.64. The number of rotatable bonds is 9. The highest BCUT2D eigenvalue weighted by atomic mass is 14.7. The van der Waals surface area contributed by atoms with Crippen molar-refractivity contribution in [2.45, 2.75) is 67.2 Å². The fourth-order valence-electron chi connectivity index (χ4n) is 3.86. The lowest BCUT2D eigenvalue weighted by Gasteiger charge is -2.06. The van der Waals surface area contributed by atoms with E-state index in [9.17, 15) is 0 Å². The Morgan fingerprint density at radius 1 is 0.536 bits per heavy atom. The van der Waals surface area contributed by atoms with Gasteiger partial charge in [-0.25, -0.2) is 0 Å². The highest BCUT2D eigenvalue weighted by molar-refractivity contribution is 5.84. The van der Waals surface area contributed by atoms with E-state index in [0.717, 1.165) is 25.9 Å². The minimum Gasteiger partial charge on any atom is -0.293 e. The SMILES string of the molecule is Cc1cc(C)c(/C=N/CCCCCC/N=C/c2c(C)cc(C)cc2C)c(C)c1. The molecule has 28 heavy (non-hydrogen) atoms. The maximum absolute atomic E-state index is 4.64. The zero-order chi connectivity index (χ0) is 20.5. The van der Waals surface area contributed by atoms with Gasteiger partial charge >= 0.3 is 0 Å². The van der Waals surface area contributed by atoms with E-state index in [1.54, 1.807) is 0 Å². The molecule has 150 valence electrons. The van der Waals surface area contributed by atoms with Gasteiger partial charge in [0.05, 0.1) is 0 Å². The summed E-state index contributed by atoms with van der Waals surface area (Å²) in [6.07, 6.45) is 8.87. The van der Waals surface area contributed by atoms with Crippen molar-refractivity contribution in [1.82, 2.24) is 0 Å². The summed E-state index contributed by atoms with van der Waals surface area (Å²) in [5.74, 6) is 0. The van der Waals surface area contributed by atoms with Gasteiger partial charge in [0.1, 0.15) is 0 Å². The Morgan fingerprint density at radius 3 is 1.18 bits per heavy atom. The average molecular weight is 377 g/mol. The van der Waals surface area contributed by atoms with Crippen molar-refractivity contribution in [3.05, 3.63) is 68.8 Å². The van der Waals surface area contributed by atoms with Crippen molar-refractivity contribution < 1.29 is 0 Å². The Balaban J connectivity index is 1.65. The lowest BCUT2D eigenvalue weighted by Crippen LogP contribution is -1.95. The number of hydrogen-bond acceptors (Lipinski definition) is 2. The summed E-state index contributed by atoms with van der Waals surface area (Å²) >= 11 is 0. The molecule has 0 unspecified atom stereocenters. The van der Waals surface area contributed by atoms with Crippen molar-refractivity contribution in [3.63, 3.8) is 0 Å². The van der Waals surface area contributed by atoms with Crippen molar-refractivity contribution in [2.24, 2.45) is 9.98 Å². The summed E-state index contributed by atoms with van der Waals surface area (Å²) in [5.41, 5.74) is 10.5. The van der Waals surface area contributed by atoms with E-state index in [1.807, 2.05) is 0 Å². The molecule has 0 N–H and O–H groups in total. The minimum atomic E-state index is 0.914. The number of aryl methyl sites for hydroxylation is 6. The molecular weight excluding hydrogens is 340 g/mol. The van der Waals surface area contributed by atoms with Gasteiger partial charge in [-0.1, -0.05) is 48.2 Å². The topological polar surface area (TPSA) is 24.7 Å². The third-order valence-corrected chi connectivity index (χ3v) is 5.24. The predicted molar refractivity (Wildman–Crippen MR) is 125 cm³/mol. The first-order chi connectivity index (χ1) is 13.4. The lowest BCUT2D eigenvalue weighted by atomic mass is 10.0. The maximum Gasteiger partial charge on any atom is 0.0389 e. The van der Waals surface area contributed by atoms with Gasteiger partial charge in [0, 0.05) is 25.5 Å². The van der Waals surface area contributed by atoms with Gasteiger partial charge in [0.15, 0.2) is 0 Å². The molecule has 0 atom stereocenters. The average Bonchev–Trinajstić information content (AvgIpc) is 2.60. The smallest absolute Gasteiger partial charge is 0.0389 e. The molecule has 2 aromatic carbocycles. The first-order valence-corrected chi connectivity index (χ1v) is 10.5. The van der Waals surface area contributed by atoms with Crippen LogP contribution in [0, 0.1) is 41.5 Å². The molecule has 0 saturated heterocycles. The maximum atomic E-state index is 4.64. The summed E-state index contributed by atoms with van der Waals surface area (Å²) in [4.78, 5) is 9.28. The van der Waals surface area contributed by atoms with E-state index >= 15 is 0 Å². The molecule has 0 aliphatic heterocycles. The third-order valence-electron chi connectivity index (χ3n) is 5.24. The van der Waals surface area contributed by atoms with Gasteiger partial charge in [-0.3, -0.25) is 9.98 Å². The molecule has 0 aliphatic carbocycles. The summed E-state index contributed by atoms with van der Waals surface area (Å²) in [6.45, 7) is 14.8. The zero-order valence-corrected chi connectivity index (χ0v) is 18.6. The first-order valence-electron chi connectivity index (χ1n) is 10.5. The van der Waals surface area contributed by atoms with Crippen LogP contribution >= 0.6 is 0 Å². The second-order valence-corrected chi connectivity index (χ2v) is 8.11. The van der Waals surface area contributed by atoms with Crippen LogP contribution in [0.5, 0.6) is 0 Å². The Morgan fingerprint density at radius 2 is 0.857 bits per heavy atom. The molecule has 0 aliphatic rings. The second kappa shape index (κ2) is 10.9. The van der Waals surface area contributed by atoms with Crippen LogP contribution in [0.1, 0.15) is 70.2 Å². The van der Waals surface area contributed by atoms with E-state index in [-0.39, 0.29) is 0 Å². The summed E-state index contributed by atoms with van der Waals surface area (Å²) in [6, 6.07) is 8.92. The quantitative estimate of drug-likeness (QED) is 0.346. The standard InChI is InChI=1S/C26H36N2/c1-19-13-21(3)25(22(4)14-19)17-27-11-9-7-8-10-12-28-18-26-23(5)15-20(2)16-24(26)6/h13-18H,7-12H2,1-6H3/b27-17+,28-18+. The van der Waals surface area contributed by atoms with Gasteiger partial charge in [0.25, 0.3) is 0 Å². The Labute approximate surface area is 171 Å². The van der Waals surface area contributed by atoms with Crippen molar-refractivity contribution >= 4 is 12.4 Å². The monoisotopic (exact) mass is 376 g/mol. The van der Waals surface area contributed by atoms with Crippen LogP contribution in [0.15, 0.2) is 34.3 Å². The van der Waals surface area contributed by atoms with Crippen LogP contribution in [0.25, 0.3) is 0 Å². The van der Waals surface area contributed by atoms with Gasteiger partial charge in [0.2, 0.25) is 0 Å². The summed E-state index contributed by atoms with van der Waals surface area (Å²) in [7, 11) is 0. The van der Waals surface area contributed by atoms with Gasteiger partial charge in [-0.05, 0) is 87.8 Å². The van der Waals surface area contributed by atoms with Gasteiger partial charge in [-0.2, -0.15) is 0 Å². The molecular formula is C26H36N2. The molecule has 0 bridgehead atoms. The van der Waals surface area contributed by atoms with Crippen LogP contribution in [0.4, 0.5) is 0 Å². The fraction of sp³-hybridized carbons (Fsp3) is 0.462. The van der Waals surface area contributed by atoms with Gasteiger partial charge < -0.3 is 0 Å². The minimum absolute atomic E-state index is 0.914. The molecule has 0 heterocycles. The highest BCUT2D eigenvalue weighted by Gasteiger charge is 2.01. The number of hydrogen-bond donors (Lipinski definition) is 0. The second-order valence-electron chi connectivity index (χ2n) is 8.11. The summed E-state index contributed by atoms with van der Waals surface area (Å²) < 4.78 is 0. The van der Waals surface area contributed by atoms with E-state index in [2.05, 4.69) is 88.2 Å². The first kappa shape index (κ1) is 22.1. The van der Waals surface area contributed by atoms with Crippen LogP contribution in [-0.4, -0.2) is 25.5 Å². The molecule has 0 spiro atoms. The number of nitrogens with zero attached hydrogens (tertiary/aromatic N) is 2. The van der Waals surface area contributed by atoms with Crippen LogP contribution in [-0.2, 0) is 0 Å². The molecule has 0 saturated carbocycles. The molecule has 2 rings (SSSR count). The molecule has 0 fully saturated rings. The van der Waals surface area contributed by atoms with Gasteiger partial charge in [-0.15, -0.1) is 0 Å². The number of unbranched alkanes of at least 4 members (excludes halogenated alkanes) is 3. The van der Waals surface area contributed by atoms with E-state index in [0.29, 0.717) is 0 Å². The molecule has 2 aromatic rings. The number of benzene rings is 2. The van der Waals surface area contributed by atoms with Crippen molar-refractivity contribution in [2.75, 3.05) is 13.1 Å². The van der Waals surface area contributed by atoms with E-state index in [4.69, 9.17) is 0 Å². The normalized spacial score (nSPS) is 11.8. The van der Waals surface area contributed by atoms with E-state index in [1.165, 1.54) is 57.3 Å². The number of aliphatic imine (C=N–C) groups is 2. The lowest BCUT2D eigenvalue weighted by molar-refractivity contribution is 0.655.